The van der Waals surface area contributed by atoms with Crippen LogP contribution in [0.25, 0.3) is 0 Å². The van der Waals surface area contributed by atoms with Crippen molar-refractivity contribution in [2.75, 3.05) is 33.9 Å². The first kappa shape index (κ1) is 14.2. The van der Waals surface area contributed by atoms with E-state index in [1.54, 1.807) is 14.2 Å². The number of hydrogen-bond donors (Lipinski definition) is 1. The number of nitrogens with one attached hydrogen (secondary N) is 1. The maximum atomic E-state index is 5.57. The lowest BCUT2D eigenvalue weighted by molar-refractivity contribution is 0.110. The third-order valence-electron chi connectivity index (χ3n) is 3.43. The van der Waals surface area contributed by atoms with Gasteiger partial charge in [0, 0.05) is 13.2 Å². The van der Waals surface area contributed by atoms with E-state index in [0.29, 0.717) is 6.10 Å². The monoisotopic (exact) mass is 265 g/mol. The Labute approximate surface area is 115 Å². The molecule has 1 saturated heterocycles. The molecule has 19 heavy (non-hydrogen) atoms. The Hall–Kier alpha value is -1.26. The molecule has 1 aliphatic heterocycles. The van der Waals surface area contributed by atoms with Gasteiger partial charge in [-0.15, -0.1) is 0 Å². The van der Waals surface area contributed by atoms with Gasteiger partial charge in [-0.1, -0.05) is 6.07 Å². The van der Waals surface area contributed by atoms with E-state index in [-0.39, 0.29) is 0 Å². The predicted octanol–water partition coefficient (Wildman–Crippen LogP) is 2.01. The Morgan fingerprint density at radius 2 is 2.11 bits per heavy atom. The molecule has 1 atom stereocenters. The van der Waals surface area contributed by atoms with Crippen LogP contribution in [0.5, 0.6) is 11.5 Å². The average Bonchev–Trinajstić information content (AvgIpc) is 2.96. The van der Waals surface area contributed by atoms with Crippen molar-refractivity contribution >= 4 is 0 Å². The average molecular weight is 265 g/mol. The SMILES string of the molecule is COc1ccc(CCNCC2CCCO2)cc1OC. The van der Waals surface area contributed by atoms with Gasteiger partial charge in [0.05, 0.1) is 20.3 Å². The van der Waals surface area contributed by atoms with Gasteiger partial charge in [-0.05, 0) is 43.5 Å². The zero-order valence-corrected chi connectivity index (χ0v) is 11.8. The first-order valence-electron chi connectivity index (χ1n) is 6.86. The Balaban J connectivity index is 1.75. The summed E-state index contributed by atoms with van der Waals surface area (Å²) in [6, 6.07) is 6.07. The fourth-order valence-electron chi connectivity index (χ4n) is 2.34. The summed E-state index contributed by atoms with van der Waals surface area (Å²) in [6.07, 6.45) is 3.77. The van der Waals surface area contributed by atoms with Crippen molar-refractivity contribution in [2.24, 2.45) is 0 Å². The van der Waals surface area contributed by atoms with Crippen LogP contribution in [0.15, 0.2) is 18.2 Å². The first-order chi connectivity index (χ1) is 9.33. The highest BCUT2D eigenvalue weighted by molar-refractivity contribution is 5.42. The highest BCUT2D eigenvalue weighted by Gasteiger charge is 2.14. The summed E-state index contributed by atoms with van der Waals surface area (Å²) in [4.78, 5) is 0. The molecule has 0 bridgehead atoms. The van der Waals surface area contributed by atoms with Crippen molar-refractivity contribution in [3.8, 4) is 11.5 Å². The molecule has 4 nitrogen and oxygen atoms in total. The molecular weight excluding hydrogens is 242 g/mol. The number of methoxy groups -OCH3 is 2. The standard InChI is InChI=1S/C15H23NO3/c1-17-14-6-5-12(10-15(14)18-2)7-8-16-11-13-4-3-9-19-13/h5-6,10,13,16H,3-4,7-9,11H2,1-2H3. The van der Waals surface area contributed by atoms with Crippen LogP contribution in [-0.4, -0.2) is 40.0 Å². The maximum Gasteiger partial charge on any atom is 0.160 e. The minimum absolute atomic E-state index is 0.408. The molecule has 0 spiro atoms. The molecule has 2 rings (SSSR count). The smallest absolute Gasteiger partial charge is 0.160 e. The number of hydrogen-bond acceptors (Lipinski definition) is 4. The fraction of sp³-hybridized carbons (Fsp3) is 0.600. The molecule has 1 unspecified atom stereocenters. The Kier molecular flexibility index (Phi) is 5.48. The van der Waals surface area contributed by atoms with Crippen molar-refractivity contribution in [1.29, 1.82) is 0 Å². The highest BCUT2D eigenvalue weighted by Crippen LogP contribution is 2.27. The van der Waals surface area contributed by atoms with Crippen LogP contribution in [0.4, 0.5) is 0 Å². The number of ether oxygens (including phenoxy) is 3. The molecule has 106 valence electrons. The minimum Gasteiger partial charge on any atom is -0.493 e. The van der Waals surface area contributed by atoms with Crippen LogP contribution in [0.3, 0.4) is 0 Å². The van der Waals surface area contributed by atoms with E-state index in [1.807, 2.05) is 12.1 Å². The van der Waals surface area contributed by atoms with Crippen LogP contribution in [0.1, 0.15) is 18.4 Å². The van der Waals surface area contributed by atoms with Gasteiger partial charge in [0.15, 0.2) is 11.5 Å². The molecular formula is C15H23NO3. The lowest BCUT2D eigenvalue weighted by Gasteiger charge is -2.12. The van der Waals surface area contributed by atoms with Gasteiger partial charge in [-0.2, -0.15) is 0 Å². The molecule has 1 aromatic carbocycles. The summed E-state index contributed by atoms with van der Waals surface area (Å²) in [5.74, 6) is 1.57. The second kappa shape index (κ2) is 7.36. The summed E-state index contributed by atoms with van der Waals surface area (Å²) in [5.41, 5.74) is 1.25. The normalized spacial score (nSPS) is 18.5. The first-order valence-corrected chi connectivity index (χ1v) is 6.86. The van der Waals surface area contributed by atoms with Gasteiger partial charge < -0.3 is 19.5 Å². The molecule has 1 aromatic rings. The predicted molar refractivity (Wildman–Crippen MR) is 75.1 cm³/mol. The van der Waals surface area contributed by atoms with Crippen LogP contribution < -0.4 is 14.8 Å². The lowest BCUT2D eigenvalue weighted by Crippen LogP contribution is -2.27. The van der Waals surface area contributed by atoms with E-state index < -0.39 is 0 Å². The van der Waals surface area contributed by atoms with E-state index in [9.17, 15) is 0 Å². The van der Waals surface area contributed by atoms with Gasteiger partial charge in [-0.25, -0.2) is 0 Å². The van der Waals surface area contributed by atoms with Crippen molar-refractivity contribution in [3.05, 3.63) is 23.8 Å². The minimum atomic E-state index is 0.408. The molecule has 0 saturated carbocycles. The molecule has 0 aliphatic carbocycles. The second-order valence-electron chi connectivity index (χ2n) is 4.78. The zero-order chi connectivity index (χ0) is 13.5. The summed E-state index contributed by atoms with van der Waals surface area (Å²) in [5, 5.41) is 3.44. The number of benzene rings is 1. The Morgan fingerprint density at radius 1 is 1.26 bits per heavy atom. The third-order valence-corrected chi connectivity index (χ3v) is 3.43. The summed E-state index contributed by atoms with van der Waals surface area (Å²) in [7, 11) is 3.32. The number of rotatable bonds is 7. The van der Waals surface area contributed by atoms with Crippen LogP contribution in [-0.2, 0) is 11.2 Å². The van der Waals surface area contributed by atoms with E-state index in [0.717, 1.165) is 37.6 Å². The summed E-state index contributed by atoms with van der Waals surface area (Å²) >= 11 is 0. The topological polar surface area (TPSA) is 39.7 Å². The van der Waals surface area contributed by atoms with Gasteiger partial charge in [0.2, 0.25) is 0 Å². The van der Waals surface area contributed by atoms with Crippen molar-refractivity contribution < 1.29 is 14.2 Å². The molecule has 1 aliphatic rings. The molecule has 1 fully saturated rings. The third kappa shape index (κ3) is 4.11. The maximum absolute atomic E-state index is 5.57. The van der Waals surface area contributed by atoms with Gasteiger partial charge in [0.25, 0.3) is 0 Å². The van der Waals surface area contributed by atoms with E-state index in [2.05, 4.69) is 11.4 Å². The molecule has 4 heteroatoms. The highest BCUT2D eigenvalue weighted by atomic mass is 16.5. The van der Waals surface area contributed by atoms with Crippen molar-refractivity contribution in [3.63, 3.8) is 0 Å². The zero-order valence-electron chi connectivity index (χ0n) is 11.8. The van der Waals surface area contributed by atoms with Crippen molar-refractivity contribution in [2.45, 2.75) is 25.4 Å². The Bertz CT molecular complexity index is 389. The largest absolute Gasteiger partial charge is 0.493 e. The van der Waals surface area contributed by atoms with E-state index in [1.165, 1.54) is 18.4 Å². The fourth-order valence-corrected chi connectivity index (χ4v) is 2.34. The van der Waals surface area contributed by atoms with Gasteiger partial charge in [0.1, 0.15) is 0 Å². The van der Waals surface area contributed by atoms with Gasteiger partial charge in [-0.3, -0.25) is 0 Å². The summed E-state index contributed by atoms with van der Waals surface area (Å²) < 4.78 is 16.1. The van der Waals surface area contributed by atoms with Crippen LogP contribution >= 0.6 is 0 Å². The van der Waals surface area contributed by atoms with E-state index >= 15 is 0 Å². The van der Waals surface area contributed by atoms with E-state index in [4.69, 9.17) is 14.2 Å². The molecule has 1 heterocycles. The lowest BCUT2D eigenvalue weighted by atomic mass is 10.1. The molecule has 1 N–H and O–H groups in total. The quantitative estimate of drug-likeness (QED) is 0.766. The molecule has 0 amide bonds. The van der Waals surface area contributed by atoms with Crippen LogP contribution in [0, 0.1) is 0 Å². The molecule has 0 radical (unpaired) electrons. The van der Waals surface area contributed by atoms with Crippen LogP contribution in [0.2, 0.25) is 0 Å². The second-order valence-corrected chi connectivity index (χ2v) is 4.78. The molecule has 0 aromatic heterocycles. The van der Waals surface area contributed by atoms with Crippen molar-refractivity contribution in [1.82, 2.24) is 5.32 Å². The Morgan fingerprint density at radius 3 is 2.79 bits per heavy atom. The summed E-state index contributed by atoms with van der Waals surface area (Å²) in [6.45, 7) is 2.82. The van der Waals surface area contributed by atoms with Gasteiger partial charge >= 0.3 is 0 Å².